The number of carboxylic acid groups (broad SMARTS) is 1. The van der Waals surface area contributed by atoms with Crippen molar-refractivity contribution in [3.8, 4) is 11.5 Å². The molecule has 0 radical (unpaired) electrons. The van der Waals surface area contributed by atoms with Gasteiger partial charge in [0, 0.05) is 16.1 Å². The molecule has 0 saturated heterocycles. The molecule has 0 aliphatic carbocycles. The molecule has 21 heavy (non-hydrogen) atoms. The lowest BCUT2D eigenvalue weighted by Crippen LogP contribution is -1.91. The first-order valence-corrected chi connectivity index (χ1v) is 7.69. The predicted octanol–water partition coefficient (Wildman–Crippen LogP) is 5.41. The highest BCUT2D eigenvalue weighted by atomic mass is 79.9. The number of hydrogen-bond donors (Lipinski definition) is 1. The minimum absolute atomic E-state index is 0.598. The third-order valence-electron chi connectivity index (χ3n) is 2.68. The first kappa shape index (κ1) is 15.8. The Hall–Kier alpha value is -1.59. The van der Waals surface area contributed by atoms with E-state index in [-0.39, 0.29) is 0 Å². The molecule has 3 nitrogen and oxygen atoms in total. The molecule has 2 rings (SSSR count). The van der Waals surface area contributed by atoms with Crippen LogP contribution in [0.1, 0.15) is 11.1 Å². The fourth-order valence-corrected chi connectivity index (χ4v) is 2.86. The van der Waals surface area contributed by atoms with E-state index in [9.17, 15) is 4.79 Å². The second kappa shape index (κ2) is 6.91. The number of carboxylic acids is 1. The standard InChI is InChI=1S/C16H12Br2O3/c1-10-2-5-14(11(8-10)3-7-16(19)20)21-15-6-4-12(17)9-13(15)18/h2-9H,1H3,(H,19,20)/b7-3+. The number of aliphatic carboxylic acids is 1. The van der Waals surface area contributed by atoms with Crippen molar-refractivity contribution in [3.05, 3.63) is 62.5 Å². The Bertz CT molecular complexity index is 709. The molecule has 0 heterocycles. The summed E-state index contributed by atoms with van der Waals surface area (Å²) in [7, 11) is 0. The van der Waals surface area contributed by atoms with Crippen molar-refractivity contribution in [2.75, 3.05) is 0 Å². The fraction of sp³-hybridized carbons (Fsp3) is 0.0625. The Kier molecular flexibility index (Phi) is 5.20. The normalized spacial score (nSPS) is 10.8. The van der Waals surface area contributed by atoms with Crippen LogP contribution in [-0.2, 0) is 4.79 Å². The predicted molar refractivity (Wildman–Crippen MR) is 89.8 cm³/mol. The second-order valence-electron chi connectivity index (χ2n) is 4.39. The summed E-state index contributed by atoms with van der Waals surface area (Å²) in [4.78, 5) is 10.7. The number of carbonyl (C=O) groups is 1. The third-order valence-corrected chi connectivity index (χ3v) is 3.80. The monoisotopic (exact) mass is 410 g/mol. The zero-order chi connectivity index (χ0) is 15.4. The summed E-state index contributed by atoms with van der Waals surface area (Å²) in [6.45, 7) is 1.94. The molecular weight excluding hydrogens is 400 g/mol. The third kappa shape index (κ3) is 4.44. The molecule has 0 atom stereocenters. The summed E-state index contributed by atoms with van der Waals surface area (Å²) >= 11 is 6.82. The Balaban J connectivity index is 2.37. The molecule has 0 unspecified atom stereocenters. The zero-order valence-corrected chi connectivity index (χ0v) is 14.3. The van der Waals surface area contributed by atoms with E-state index in [0.29, 0.717) is 17.1 Å². The lowest BCUT2D eigenvalue weighted by Gasteiger charge is -2.11. The highest BCUT2D eigenvalue weighted by Crippen LogP contribution is 2.34. The first-order chi connectivity index (χ1) is 9.95. The average molecular weight is 412 g/mol. The van der Waals surface area contributed by atoms with Gasteiger partial charge in [0.25, 0.3) is 0 Å². The molecule has 0 fully saturated rings. The van der Waals surface area contributed by atoms with Crippen molar-refractivity contribution in [2.45, 2.75) is 6.92 Å². The number of aryl methyl sites for hydroxylation is 1. The maximum absolute atomic E-state index is 10.7. The van der Waals surface area contributed by atoms with Gasteiger partial charge >= 0.3 is 5.97 Å². The molecule has 2 aromatic carbocycles. The fourth-order valence-electron chi connectivity index (χ4n) is 1.73. The molecule has 0 aliphatic heterocycles. The summed E-state index contributed by atoms with van der Waals surface area (Å²) in [6.07, 6.45) is 2.62. The molecule has 108 valence electrons. The van der Waals surface area contributed by atoms with Gasteiger partial charge in [0.1, 0.15) is 11.5 Å². The van der Waals surface area contributed by atoms with Gasteiger partial charge in [-0.25, -0.2) is 4.79 Å². The first-order valence-electron chi connectivity index (χ1n) is 6.10. The van der Waals surface area contributed by atoms with E-state index in [4.69, 9.17) is 9.84 Å². The van der Waals surface area contributed by atoms with Crippen molar-refractivity contribution in [2.24, 2.45) is 0 Å². The van der Waals surface area contributed by atoms with Crippen molar-refractivity contribution in [3.63, 3.8) is 0 Å². The van der Waals surface area contributed by atoms with Crippen LogP contribution in [0.2, 0.25) is 0 Å². The summed E-state index contributed by atoms with van der Waals surface area (Å²) in [5, 5.41) is 8.76. The minimum atomic E-state index is -0.993. The maximum Gasteiger partial charge on any atom is 0.328 e. The van der Waals surface area contributed by atoms with E-state index < -0.39 is 5.97 Å². The van der Waals surface area contributed by atoms with Crippen LogP contribution >= 0.6 is 31.9 Å². The van der Waals surface area contributed by atoms with E-state index in [2.05, 4.69) is 31.9 Å². The number of halogens is 2. The molecule has 0 spiro atoms. The van der Waals surface area contributed by atoms with Gasteiger partial charge in [0.05, 0.1) is 4.47 Å². The van der Waals surface area contributed by atoms with Crippen LogP contribution in [0.4, 0.5) is 0 Å². The van der Waals surface area contributed by atoms with Gasteiger partial charge in [-0.1, -0.05) is 27.6 Å². The van der Waals surface area contributed by atoms with Gasteiger partial charge < -0.3 is 9.84 Å². The van der Waals surface area contributed by atoms with Crippen LogP contribution < -0.4 is 4.74 Å². The largest absolute Gasteiger partial charge is 0.478 e. The van der Waals surface area contributed by atoms with E-state index in [1.165, 1.54) is 6.08 Å². The van der Waals surface area contributed by atoms with Crippen LogP contribution in [-0.4, -0.2) is 11.1 Å². The van der Waals surface area contributed by atoms with E-state index in [1.807, 2.05) is 43.3 Å². The van der Waals surface area contributed by atoms with Crippen molar-refractivity contribution in [1.82, 2.24) is 0 Å². The Morgan fingerprint density at radius 3 is 2.52 bits per heavy atom. The van der Waals surface area contributed by atoms with Gasteiger partial charge in [-0.15, -0.1) is 0 Å². The van der Waals surface area contributed by atoms with Gasteiger partial charge in [-0.2, -0.15) is 0 Å². The van der Waals surface area contributed by atoms with E-state index >= 15 is 0 Å². The molecule has 5 heteroatoms. The van der Waals surface area contributed by atoms with Gasteiger partial charge in [-0.05, 0) is 59.3 Å². The molecule has 0 aliphatic rings. The molecule has 0 amide bonds. The summed E-state index contributed by atoms with van der Waals surface area (Å²) < 4.78 is 7.62. The molecule has 2 aromatic rings. The van der Waals surface area contributed by atoms with Gasteiger partial charge in [-0.3, -0.25) is 0 Å². The lowest BCUT2D eigenvalue weighted by atomic mass is 10.1. The molecule has 0 aromatic heterocycles. The molecule has 0 bridgehead atoms. The maximum atomic E-state index is 10.7. The number of ether oxygens (including phenoxy) is 1. The Morgan fingerprint density at radius 1 is 1.14 bits per heavy atom. The molecule has 0 saturated carbocycles. The summed E-state index contributed by atoms with van der Waals surface area (Å²) in [6, 6.07) is 11.2. The van der Waals surface area contributed by atoms with Crippen molar-refractivity contribution < 1.29 is 14.6 Å². The highest BCUT2D eigenvalue weighted by Gasteiger charge is 2.07. The second-order valence-corrected chi connectivity index (χ2v) is 6.16. The molecule has 1 N–H and O–H groups in total. The van der Waals surface area contributed by atoms with Crippen LogP contribution in [0, 0.1) is 6.92 Å². The van der Waals surface area contributed by atoms with Crippen LogP contribution in [0.25, 0.3) is 6.08 Å². The van der Waals surface area contributed by atoms with Gasteiger partial charge in [0.2, 0.25) is 0 Å². The quantitative estimate of drug-likeness (QED) is 0.684. The summed E-state index contributed by atoms with van der Waals surface area (Å²) in [5.74, 6) is 0.264. The van der Waals surface area contributed by atoms with Crippen molar-refractivity contribution in [1.29, 1.82) is 0 Å². The number of rotatable bonds is 4. The number of hydrogen-bond acceptors (Lipinski definition) is 2. The van der Waals surface area contributed by atoms with Crippen LogP contribution in [0.15, 0.2) is 51.4 Å². The van der Waals surface area contributed by atoms with E-state index in [1.54, 1.807) is 0 Å². The Morgan fingerprint density at radius 2 is 1.86 bits per heavy atom. The SMILES string of the molecule is Cc1ccc(Oc2ccc(Br)cc2Br)c(/C=C/C(=O)O)c1. The van der Waals surface area contributed by atoms with Crippen molar-refractivity contribution >= 4 is 43.9 Å². The van der Waals surface area contributed by atoms with Gasteiger partial charge in [0.15, 0.2) is 0 Å². The number of benzene rings is 2. The topological polar surface area (TPSA) is 46.5 Å². The van der Waals surface area contributed by atoms with Crippen LogP contribution in [0.3, 0.4) is 0 Å². The lowest BCUT2D eigenvalue weighted by molar-refractivity contribution is -0.131. The molecular formula is C16H12Br2O3. The highest BCUT2D eigenvalue weighted by molar-refractivity contribution is 9.11. The zero-order valence-electron chi connectivity index (χ0n) is 11.1. The minimum Gasteiger partial charge on any atom is -0.478 e. The smallest absolute Gasteiger partial charge is 0.328 e. The van der Waals surface area contributed by atoms with E-state index in [0.717, 1.165) is 20.6 Å². The van der Waals surface area contributed by atoms with Crippen LogP contribution in [0.5, 0.6) is 11.5 Å². The Labute approximate surface area is 139 Å². The summed E-state index contributed by atoms with van der Waals surface area (Å²) in [5.41, 5.74) is 1.74. The average Bonchev–Trinajstić information content (AvgIpc) is 2.41.